The van der Waals surface area contributed by atoms with Crippen molar-refractivity contribution >= 4 is 55.4 Å². The highest BCUT2D eigenvalue weighted by molar-refractivity contribution is 6.39. The Kier molecular flexibility index (Phi) is 7.31. The highest BCUT2D eigenvalue weighted by Crippen LogP contribution is 2.49. The Hall–Kier alpha value is -5.76. The lowest BCUT2D eigenvalue weighted by atomic mass is 9.96. The fourth-order valence-corrected chi connectivity index (χ4v) is 7.52. The summed E-state index contributed by atoms with van der Waals surface area (Å²) in [6.45, 7) is -0.0626. The second kappa shape index (κ2) is 11.9. The van der Waals surface area contributed by atoms with Gasteiger partial charge >= 0.3 is 0 Å². The van der Waals surface area contributed by atoms with Crippen LogP contribution in [0.1, 0.15) is 38.1 Å². The third-order valence-electron chi connectivity index (χ3n) is 9.88. The van der Waals surface area contributed by atoms with Crippen molar-refractivity contribution < 1.29 is 39.1 Å². The molecule has 5 aromatic carbocycles. The van der Waals surface area contributed by atoms with Gasteiger partial charge in [0.2, 0.25) is 0 Å². The smallest absolute Gasteiger partial charge is 0.276 e. The van der Waals surface area contributed by atoms with Gasteiger partial charge in [-0.05, 0) is 23.3 Å². The van der Waals surface area contributed by atoms with E-state index in [9.17, 15) is 24.9 Å². The summed E-state index contributed by atoms with van der Waals surface area (Å²) in [5, 5.41) is 35.1. The van der Waals surface area contributed by atoms with E-state index in [1.807, 2.05) is 78.9 Å². The molecule has 2 aliphatic heterocycles. The van der Waals surface area contributed by atoms with Gasteiger partial charge < -0.3 is 39.1 Å². The number of hydrazine groups is 1. The molecule has 4 atom stereocenters. The van der Waals surface area contributed by atoms with Gasteiger partial charge in [0.1, 0.15) is 43.0 Å². The first-order valence-electron chi connectivity index (χ1n) is 16.5. The maximum Gasteiger partial charge on any atom is 0.276 e. The quantitative estimate of drug-likeness (QED) is 0.0867. The van der Waals surface area contributed by atoms with Crippen molar-refractivity contribution in [1.29, 1.82) is 0 Å². The van der Waals surface area contributed by atoms with E-state index in [2.05, 4.69) is 4.98 Å². The van der Waals surface area contributed by atoms with Gasteiger partial charge in [0.15, 0.2) is 6.23 Å². The Morgan fingerprint density at radius 1 is 0.686 bits per heavy atom. The molecule has 0 spiro atoms. The second-order valence-corrected chi connectivity index (χ2v) is 12.8. The fraction of sp³-hybridized carbons (Fsp3) is 0.179. The van der Waals surface area contributed by atoms with Crippen LogP contribution >= 0.6 is 0 Å². The zero-order valence-corrected chi connectivity index (χ0v) is 27.0. The van der Waals surface area contributed by atoms with E-state index < -0.39 is 43.0 Å². The summed E-state index contributed by atoms with van der Waals surface area (Å²) in [6.07, 6.45) is -5.23. The monoisotopic (exact) mass is 684 g/mol. The largest absolute Gasteiger partial charge is 0.487 e. The van der Waals surface area contributed by atoms with E-state index in [0.29, 0.717) is 60.1 Å². The summed E-state index contributed by atoms with van der Waals surface area (Å²) >= 11 is 0. The summed E-state index contributed by atoms with van der Waals surface area (Å²) in [6, 6.07) is 30.1. The number of para-hydroxylation sites is 2. The fourth-order valence-electron chi connectivity index (χ4n) is 7.52. The number of carbonyl (C=O) groups is 2. The minimum atomic E-state index is -1.48. The maximum atomic E-state index is 14.0. The molecule has 4 heterocycles. The van der Waals surface area contributed by atoms with E-state index in [1.54, 1.807) is 22.8 Å². The number of nitrogens with one attached hydrogen (secondary N) is 1. The van der Waals surface area contributed by atoms with Crippen molar-refractivity contribution in [1.82, 2.24) is 14.6 Å². The van der Waals surface area contributed by atoms with Gasteiger partial charge in [-0.2, -0.15) is 0 Å². The Morgan fingerprint density at radius 2 is 1.27 bits per heavy atom. The predicted molar refractivity (Wildman–Crippen MR) is 188 cm³/mol. The van der Waals surface area contributed by atoms with Crippen molar-refractivity contribution in [3.8, 4) is 11.5 Å². The molecule has 12 heteroatoms. The minimum Gasteiger partial charge on any atom is -0.487 e. The van der Waals surface area contributed by atoms with Crippen LogP contribution in [0.25, 0.3) is 43.6 Å². The normalized spacial score (nSPS) is 20.4. The Morgan fingerprint density at radius 3 is 1.90 bits per heavy atom. The van der Waals surface area contributed by atoms with Crippen molar-refractivity contribution in [2.24, 2.45) is 5.84 Å². The van der Waals surface area contributed by atoms with Crippen molar-refractivity contribution in [3.63, 3.8) is 0 Å². The number of rotatable bonds is 8. The predicted octanol–water partition coefficient (Wildman–Crippen LogP) is 4.67. The van der Waals surface area contributed by atoms with Crippen molar-refractivity contribution in [2.75, 3.05) is 6.61 Å². The summed E-state index contributed by atoms with van der Waals surface area (Å²) in [4.78, 5) is 31.4. The molecule has 0 unspecified atom stereocenters. The molecule has 0 aliphatic carbocycles. The molecule has 0 radical (unpaired) electrons. The number of nitrogens with two attached hydrogens (primary N) is 1. The van der Waals surface area contributed by atoms with Crippen LogP contribution in [0.5, 0.6) is 11.5 Å². The van der Waals surface area contributed by atoms with Crippen LogP contribution in [0, 0.1) is 0 Å². The van der Waals surface area contributed by atoms with Gasteiger partial charge in [0.05, 0.1) is 39.8 Å². The van der Waals surface area contributed by atoms with Crippen LogP contribution in [0.3, 0.4) is 0 Å². The molecular formula is C39H32N4O8. The van der Waals surface area contributed by atoms with E-state index in [0.717, 1.165) is 11.1 Å². The lowest BCUT2D eigenvalue weighted by Gasteiger charge is -2.21. The van der Waals surface area contributed by atoms with E-state index in [1.165, 1.54) is 0 Å². The number of fused-ring (bicyclic) bond motifs is 10. The molecule has 0 bridgehead atoms. The average Bonchev–Trinajstić information content (AvgIpc) is 3.86. The third-order valence-corrected chi connectivity index (χ3v) is 9.88. The Bertz CT molecular complexity index is 2510. The lowest BCUT2D eigenvalue weighted by molar-refractivity contribution is -0.0488. The Balaban J connectivity index is 1.38. The molecule has 6 N–H and O–H groups in total. The molecule has 9 rings (SSSR count). The average molecular weight is 685 g/mol. The topological polar surface area (TPSA) is 172 Å². The first-order valence-corrected chi connectivity index (χ1v) is 16.5. The number of amides is 2. The van der Waals surface area contributed by atoms with Gasteiger partial charge in [0, 0.05) is 21.5 Å². The number of imide groups is 1. The molecule has 2 amide bonds. The van der Waals surface area contributed by atoms with Gasteiger partial charge in [0.25, 0.3) is 11.8 Å². The summed E-state index contributed by atoms with van der Waals surface area (Å²) in [5.74, 6) is 5.70. The minimum absolute atomic E-state index is 0.0946. The van der Waals surface area contributed by atoms with Gasteiger partial charge in [-0.1, -0.05) is 84.9 Å². The molecular weight excluding hydrogens is 652 g/mol. The number of aromatic amines is 1. The van der Waals surface area contributed by atoms with Gasteiger partial charge in [-0.15, -0.1) is 0 Å². The standard InChI is InChI=1S/C39H32N4O8/c40-43-37(47)29-27-22-13-7-15-24(49-18-20-9-3-1-4-10-20)31(22)41-32(27)34-28(30(29)38(43)48)23-14-8-16-25(50-19-21-11-5-2-6-12-21)33(23)42(34)39-36(46)35(45)26(17-44)51-39/h1-16,26,35-36,39,41,44-46H,17-19,40H2/t26-,35-,36-,39-/m1/s1. The lowest BCUT2D eigenvalue weighted by Crippen LogP contribution is -2.36. The van der Waals surface area contributed by atoms with Gasteiger partial charge in [-0.3, -0.25) is 9.59 Å². The zero-order chi connectivity index (χ0) is 35.0. The second-order valence-electron chi connectivity index (χ2n) is 12.8. The van der Waals surface area contributed by atoms with Crippen LogP contribution in [-0.4, -0.2) is 66.6 Å². The first kappa shape index (κ1) is 31.2. The van der Waals surface area contributed by atoms with Crippen LogP contribution < -0.4 is 15.3 Å². The van der Waals surface area contributed by atoms with Crippen LogP contribution in [-0.2, 0) is 18.0 Å². The van der Waals surface area contributed by atoms with Crippen molar-refractivity contribution in [3.05, 3.63) is 119 Å². The molecule has 1 fully saturated rings. The van der Waals surface area contributed by atoms with Crippen molar-refractivity contribution in [2.45, 2.75) is 37.8 Å². The number of aliphatic hydroxyl groups excluding tert-OH is 3. The maximum absolute atomic E-state index is 14.0. The molecule has 2 aromatic heterocycles. The molecule has 51 heavy (non-hydrogen) atoms. The van der Waals surface area contributed by atoms with Gasteiger partial charge in [-0.25, -0.2) is 10.9 Å². The molecule has 256 valence electrons. The highest BCUT2D eigenvalue weighted by Gasteiger charge is 2.47. The SMILES string of the molecule is NN1C(=O)c2c(c3c4cccc(OCc5ccccc5)c4n([C@@H]4O[C@H](CO)[C@@H](O)[C@H]4O)c3c3[nH]c4c(OCc5ccccc5)cccc4c23)C1=O. The summed E-state index contributed by atoms with van der Waals surface area (Å²) in [5.41, 5.74) is 3.98. The number of aliphatic hydroxyl groups is 3. The van der Waals surface area contributed by atoms with Crippen LogP contribution in [0.2, 0.25) is 0 Å². The first-order chi connectivity index (χ1) is 24.9. The van der Waals surface area contributed by atoms with Crippen LogP contribution in [0.4, 0.5) is 0 Å². The number of nitrogens with zero attached hydrogens (tertiary/aromatic N) is 2. The number of H-pyrrole nitrogens is 1. The third kappa shape index (κ3) is 4.65. The van der Waals surface area contributed by atoms with E-state index in [-0.39, 0.29) is 24.3 Å². The Labute approximate surface area is 289 Å². The summed E-state index contributed by atoms with van der Waals surface area (Å²) in [7, 11) is 0. The number of benzene rings is 5. The number of ether oxygens (including phenoxy) is 3. The molecule has 1 saturated heterocycles. The van der Waals surface area contributed by atoms with E-state index >= 15 is 0 Å². The zero-order valence-electron chi connectivity index (χ0n) is 27.0. The molecule has 0 saturated carbocycles. The molecule has 12 nitrogen and oxygen atoms in total. The summed E-state index contributed by atoms with van der Waals surface area (Å²) < 4.78 is 20.6. The molecule has 7 aromatic rings. The number of carbonyl (C=O) groups excluding carboxylic acids is 2. The van der Waals surface area contributed by atoms with E-state index in [4.69, 9.17) is 20.1 Å². The molecule has 2 aliphatic rings. The number of aromatic nitrogens is 2. The number of hydrogen-bond acceptors (Lipinski definition) is 9. The number of hydrogen-bond donors (Lipinski definition) is 5. The van der Waals surface area contributed by atoms with Crippen LogP contribution in [0.15, 0.2) is 97.1 Å². The highest BCUT2D eigenvalue weighted by atomic mass is 16.6.